The van der Waals surface area contributed by atoms with Crippen molar-refractivity contribution in [2.45, 2.75) is 11.3 Å². The first kappa shape index (κ1) is 22.5. The lowest BCUT2D eigenvalue weighted by atomic mass is 10.2. The zero-order valence-corrected chi connectivity index (χ0v) is 18.9. The number of hydrogen-bond donors (Lipinski definition) is 1. The lowest BCUT2D eigenvalue weighted by Crippen LogP contribution is -2.26. The summed E-state index contributed by atoms with van der Waals surface area (Å²) in [6, 6.07) is 19.9. The molecule has 0 spiro atoms. The minimum absolute atomic E-state index is 0.202. The molecule has 0 unspecified atom stereocenters. The lowest BCUT2D eigenvalue weighted by Gasteiger charge is -2.19. The predicted molar refractivity (Wildman–Crippen MR) is 125 cm³/mol. The molecule has 1 aliphatic rings. The minimum Gasteiger partial charge on any atom is -0.490 e. The molecule has 8 nitrogen and oxygen atoms in total. The Bertz CT molecular complexity index is 1210. The van der Waals surface area contributed by atoms with Gasteiger partial charge in [0.25, 0.3) is 15.9 Å². The molecule has 0 aromatic heterocycles. The van der Waals surface area contributed by atoms with E-state index in [0.717, 1.165) is 6.42 Å². The first-order valence-electron chi connectivity index (χ1n) is 10.4. The summed E-state index contributed by atoms with van der Waals surface area (Å²) in [6.45, 7) is 0.955. The number of anilines is 2. The Hall–Kier alpha value is -3.72. The van der Waals surface area contributed by atoms with Crippen LogP contribution in [-0.2, 0) is 14.8 Å². The maximum absolute atomic E-state index is 12.7. The van der Waals surface area contributed by atoms with Gasteiger partial charge in [-0.2, -0.15) is 0 Å². The van der Waals surface area contributed by atoms with Crippen molar-refractivity contribution in [1.29, 1.82) is 0 Å². The van der Waals surface area contributed by atoms with Crippen molar-refractivity contribution in [2.24, 2.45) is 0 Å². The monoisotopic (exact) mass is 468 g/mol. The Morgan fingerprint density at radius 3 is 2.39 bits per heavy atom. The molecule has 1 heterocycles. The van der Waals surface area contributed by atoms with Crippen molar-refractivity contribution in [2.75, 3.05) is 36.5 Å². The summed E-state index contributed by atoms with van der Waals surface area (Å²) in [5, 5.41) is 2.76. The molecule has 0 radical (unpaired) electrons. The highest BCUT2D eigenvalue weighted by Crippen LogP contribution is 2.32. The van der Waals surface area contributed by atoms with Crippen molar-refractivity contribution in [1.82, 2.24) is 0 Å². The Morgan fingerprint density at radius 1 is 0.970 bits per heavy atom. The molecule has 33 heavy (non-hydrogen) atoms. The fourth-order valence-electron chi connectivity index (χ4n) is 3.23. The standard InChI is InChI=1S/C24H24N2O6S/c1-26(33(28,29)21-6-3-2-4-7-21)19-9-11-20(12-10-19)32-17-24(27)25-18-8-13-22-23(16-18)31-15-5-14-30-22/h2-4,6-13,16H,5,14-15,17H2,1H3,(H,25,27). The van der Waals surface area contributed by atoms with Crippen LogP contribution < -0.4 is 23.8 Å². The number of nitrogens with zero attached hydrogens (tertiary/aromatic N) is 1. The van der Waals surface area contributed by atoms with E-state index < -0.39 is 10.0 Å². The largest absolute Gasteiger partial charge is 0.490 e. The fraction of sp³-hybridized carbons (Fsp3) is 0.208. The van der Waals surface area contributed by atoms with Gasteiger partial charge in [-0.15, -0.1) is 0 Å². The lowest BCUT2D eigenvalue weighted by molar-refractivity contribution is -0.118. The second-order valence-corrected chi connectivity index (χ2v) is 9.30. The summed E-state index contributed by atoms with van der Waals surface area (Å²) in [6.07, 6.45) is 0.803. The van der Waals surface area contributed by atoms with Gasteiger partial charge in [-0.25, -0.2) is 8.42 Å². The number of amides is 1. The molecule has 9 heteroatoms. The number of hydrogen-bond acceptors (Lipinski definition) is 6. The summed E-state index contributed by atoms with van der Waals surface area (Å²) >= 11 is 0. The van der Waals surface area contributed by atoms with Crippen molar-refractivity contribution in [3.05, 3.63) is 72.8 Å². The zero-order chi connectivity index (χ0) is 23.3. The summed E-state index contributed by atoms with van der Waals surface area (Å²) in [5.74, 6) is 1.35. The molecule has 3 aromatic rings. The van der Waals surface area contributed by atoms with Gasteiger partial charge >= 0.3 is 0 Å². The van der Waals surface area contributed by atoms with Gasteiger partial charge in [-0.05, 0) is 48.5 Å². The highest BCUT2D eigenvalue weighted by atomic mass is 32.2. The number of ether oxygens (including phenoxy) is 3. The van der Waals surface area contributed by atoms with Gasteiger partial charge in [0.2, 0.25) is 0 Å². The third kappa shape index (κ3) is 5.38. The molecule has 1 aliphatic heterocycles. The molecule has 0 atom stereocenters. The highest BCUT2D eigenvalue weighted by Gasteiger charge is 2.21. The van der Waals surface area contributed by atoms with Crippen LogP contribution in [0.3, 0.4) is 0 Å². The van der Waals surface area contributed by atoms with Crippen LogP contribution >= 0.6 is 0 Å². The van der Waals surface area contributed by atoms with E-state index in [1.807, 2.05) is 0 Å². The fourth-order valence-corrected chi connectivity index (χ4v) is 4.45. The van der Waals surface area contributed by atoms with Crippen LogP contribution in [0.5, 0.6) is 17.2 Å². The van der Waals surface area contributed by atoms with Gasteiger partial charge in [0.15, 0.2) is 18.1 Å². The van der Waals surface area contributed by atoms with E-state index in [4.69, 9.17) is 14.2 Å². The SMILES string of the molecule is CN(c1ccc(OCC(=O)Nc2ccc3c(c2)OCCCO3)cc1)S(=O)(=O)c1ccccc1. The van der Waals surface area contributed by atoms with E-state index in [2.05, 4.69) is 5.32 Å². The van der Waals surface area contributed by atoms with Crippen LogP contribution in [0.4, 0.5) is 11.4 Å². The van der Waals surface area contributed by atoms with E-state index in [9.17, 15) is 13.2 Å². The topological polar surface area (TPSA) is 94.2 Å². The highest BCUT2D eigenvalue weighted by molar-refractivity contribution is 7.92. The quantitative estimate of drug-likeness (QED) is 0.568. The number of fused-ring (bicyclic) bond motifs is 1. The summed E-state index contributed by atoms with van der Waals surface area (Å²) in [7, 11) is -2.18. The van der Waals surface area contributed by atoms with E-state index >= 15 is 0 Å². The average molecular weight is 469 g/mol. The van der Waals surface area contributed by atoms with Gasteiger partial charge in [0, 0.05) is 25.2 Å². The van der Waals surface area contributed by atoms with Crippen molar-refractivity contribution in [3.63, 3.8) is 0 Å². The van der Waals surface area contributed by atoms with Crippen LogP contribution in [0, 0.1) is 0 Å². The number of rotatable bonds is 7. The maximum Gasteiger partial charge on any atom is 0.264 e. The molecule has 3 aromatic carbocycles. The van der Waals surface area contributed by atoms with Crippen molar-refractivity contribution >= 4 is 27.3 Å². The third-order valence-corrected chi connectivity index (χ3v) is 6.80. The molecule has 0 bridgehead atoms. The van der Waals surface area contributed by atoms with Gasteiger partial charge < -0.3 is 19.5 Å². The molecular weight excluding hydrogens is 444 g/mol. The van der Waals surface area contributed by atoms with Crippen LogP contribution in [-0.4, -0.2) is 41.2 Å². The molecule has 1 amide bonds. The van der Waals surface area contributed by atoms with Gasteiger partial charge in [-0.3, -0.25) is 9.10 Å². The number of nitrogens with one attached hydrogen (secondary N) is 1. The maximum atomic E-state index is 12.7. The normalized spacial score (nSPS) is 13.0. The second-order valence-electron chi connectivity index (χ2n) is 7.33. The van der Waals surface area contributed by atoms with E-state index in [1.54, 1.807) is 72.8 Å². The third-order valence-electron chi connectivity index (χ3n) is 5.00. The smallest absolute Gasteiger partial charge is 0.264 e. The Morgan fingerprint density at radius 2 is 1.67 bits per heavy atom. The number of benzene rings is 3. The van der Waals surface area contributed by atoms with Crippen LogP contribution in [0.15, 0.2) is 77.7 Å². The Kier molecular flexibility index (Phi) is 6.69. The average Bonchev–Trinajstić information content (AvgIpc) is 3.08. The Balaban J connectivity index is 1.34. The number of carbonyl (C=O) groups is 1. The van der Waals surface area contributed by atoms with E-state index in [1.165, 1.54) is 11.4 Å². The first-order valence-corrected chi connectivity index (χ1v) is 11.8. The summed E-state index contributed by atoms with van der Waals surface area (Å²) < 4.78 is 43.4. The van der Waals surface area contributed by atoms with Gasteiger partial charge in [-0.1, -0.05) is 18.2 Å². The predicted octanol–water partition coefficient (Wildman–Crippen LogP) is 3.69. The number of carbonyl (C=O) groups excluding carboxylic acids is 1. The molecule has 1 N–H and O–H groups in total. The molecule has 0 aliphatic carbocycles. The van der Waals surface area contributed by atoms with Gasteiger partial charge in [0.05, 0.1) is 23.8 Å². The number of sulfonamides is 1. The second kappa shape index (κ2) is 9.83. The summed E-state index contributed by atoms with van der Waals surface area (Å²) in [5.41, 5.74) is 1.05. The van der Waals surface area contributed by atoms with Crippen LogP contribution in [0.25, 0.3) is 0 Å². The summed E-state index contributed by atoms with van der Waals surface area (Å²) in [4.78, 5) is 12.5. The molecule has 0 saturated carbocycles. The molecular formula is C24H24N2O6S. The zero-order valence-electron chi connectivity index (χ0n) is 18.1. The minimum atomic E-state index is -3.66. The first-order chi connectivity index (χ1) is 15.9. The van der Waals surface area contributed by atoms with Gasteiger partial charge in [0.1, 0.15) is 5.75 Å². The van der Waals surface area contributed by atoms with E-state index in [0.29, 0.717) is 41.8 Å². The van der Waals surface area contributed by atoms with E-state index in [-0.39, 0.29) is 17.4 Å². The molecule has 172 valence electrons. The van der Waals surface area contributed by atoms with Crippen molar-refractivity contribution < 1.29 is 27.4 Å². The molecule has 4 rings (SSSR count). The molecule has 0 fully saturated rings. The molecule has 0 saturated heterocycles. The van der Waals surface area contributed by atoms with Crippen LogP contribution in [0.1, 0.15) is 6.42 Å². The Labute approximate surface area is 192 Å². The van der Waals surface area contributed by atoms with Crippen molar-refractivity contribution in [3.8, 4) is 17.2 Å². The van der Waals surface area contributed by atoms with Crippen LogP contribution in [0.2, 0.25) is 0 Å².